The van der Waals surface area contributed by atoms with E-state index in [0.717, 1.165) is 18.5 Å². The lowest BCUT2D eigenvalue weighted by molar-refractivity contribution is 0.593. The van der Waals surface area contributed by atoms with Gasteiger partial charge in [0.05, 0.1) is 0 Å². The number of allylic oxidation sites excluding steroid dienone is 1. The molecule has 0 radical (unpaired) electrons. The van der Waals surface area contributed by atoms with Gasteiger partial charge in [-0.3, -0.25) is 10.9 Å². The highest BCUT2D eigenvalue weighted by atomic mass is 35.5. The Balaban J connectivity index is 1.70. The number of hydrogen-bond acceptors (Lipinski definition) is 2. The molecule has 0 aromatic heterocycles. The molecule has 4 nitrogen and oxygen atoms in total. The summed E-state index contributed by atoms with van der Waals surface area (Å²) in [6.07, 6.45) is 7.73. The van der Waals surface area contributed by atoms with Crippen LogP contribution in [0.3, 0.4) is 0 Å². The zero-order chi connectivity index (χ0) is 15.1. The Hall–Kier alpha value is -1.37. The van der Waals surface area contributed by atoms with Gasteiger partial charge in [0.25, 0.3) is 0 Å². The van der Waals surface area contributed by atoms with E-state index in [1.54, 1.807) is 12.1 Å². The van der Waals surface area contributed by atoms with Crippen LogP contribution in [0.1, 0.15) is 19.3 Å². The van der Waals surface area contributed by atoms with E-state index in [9.17, 15) is 0 Å². The summed E-state index contributed by atoms with van der Waals surface area (Å²) in [6, 6.07) is 7.57. The Morgan fingerprint density at radius 1 is 1.10 bits per heavy atom. The number of nitrogens with one attached hydrogen (secondary N) is 4. The second-order valence-corrected chi connectivity index (χ2v) is 5.90. The molecule has 0 spiro atoms. The number of hydrazine groups is 1. The standard InChI is InChI=1S/C14H17ClN4S2/c15-10-6-8-12(9-7-10)17-14(21)19-18-13(20)16-11-4-2-1-3-5-11/h2,4,6-9,11H,1,3,5H2,(H2,16,18,20)(H2,17,19,21)/t11-/m0/s1. The number of halogens is 1. The van der Waals surface area contributed by atoms with Gasteiger partial charge in [0.15, 0.2) is 10.2 Å². The molecule has 1 aromatic rings. The Morgan fingerprint density at radius 3 is 2.48 bits per heavy atom. The average molecular weight is 341 g/mol. The predicted octanol–water partition coefficient (Wildman–Crippen LogP) is 3.11. The maximum Gasteiger partial charge on any atom is 0.189 e. The van der Waals surface area contributed by atoms with Gasteiger partial charge in [-0.15, -0.1) is 0 Å². The summed E-state index contributed by atoms with van der Waals surface area (Å²) in [5, 5.41) is 7.87. The van der Waals surface area contributed by atoms with E-state index >= 15 is 0 Å². The minimum absolute atomic E-state index is 0.290. The van der Waals surface area contributed by atoms with Crippen LogP contribution >= 0.6 is 36.0 Å². The van der Waals surface area contributed by atoms with Crippen LogP contribution in [0.2, 0.25) is 5.02 Å². The summed E-state index contributed by atoms with van der Waals surface area (Å²) in [5.74, 6) is 0. The Kier molecular flexibility index (Phi) is 6.22. The summed E-state index contributed by atoms with van der Waals surface area (Å²) in [4.78, 5) is 0. The Morgan fingerprint density at radius 2 is 1.81 bits per heavy atom. The zero-order valence-corrected chi connectivity index (χ0v) is 13.7. The lowest BCUT2D eigenvalue weighted by Gasteiger charge is -2.21. The van der Waals surface area contributed by atoms with Crippen molar-refractivity contribution in [1.29, 1.82) is 0 Å². The second kappa shape index (κ2) is 8.17. The molecule has 1 atom stereocenters. The van der Waals surface area contributed by atoms with Gasteiger partial charge >= 0.3 is 0 Å². The van der Waals surface area contributed by atoms with E-state index in [1.165, 1.54) is 6.42 Å². The largest absolute Gasteiger partial charge is 0.355 e. The first-order valence-corrected chi connectivity index (χ1v) is 7.88. The van der Waals surface area contributed by atoms with Gasteiger partial charge in [-0.25, -0.2) is 0 Å². The number of rotatable bonds is 2. The molecular weight excluding hydrogens is 324 g/mol. The average Bonchev–Trinajstić information content (AvgIpc) is 2.49. The number of hydrogen-bond donors (Lipinski definition) is 4. The van der Waals surface area contributed by atoms with Crippen molar-refractivity contribution in [1.82, 2.24) is 16.2 Å². The molecule has 0 aliphatic heterocycles. The lowest BCUT2D eigenvalue weighted by Crippen LogP contribution is -2.50. The molecule has 21 heavy (non-hydrogen) atoms. The van der Waals surface area contributed by atoms with Crippen LogP contribution in [0, 0.1) is 0 Å². The van der Waals surface area contributed by atoms with Crippen molar-refractivity contribution in [2.24, 2.45) is 0 Å². The van der Waals surface area contributed by atoms with E-state index in [2.05, 4.69) is 33.6 Å². The molecule has 1 aliphatic carbocycles. The Labute approximate surface area is 140 Å². The molecule has 0 unspecified atom stereocenters. The second-order valence-electron chi connectivity index (χ2n) is 4.65. The highest BCUT2D eigenvalue weighted by molar-refractivity contribution is 7.80. The number of benzene rings is 1. The molecule has 0 amide bonds. The first-order chi connectivity index (χ1) is 10.1. The van der Waals surface area contributed by atoms with E-state index in [1.807, 2.05) is 12.1 Å². The summed E-state index contributed by atoms with van der Waals surface area (Å²) in [7, 11) is 0. The maximum atomic E-state index is 5.82. The van der Waals surface area contributed by atoms with E-state index in [-0.39, 0.29) is 0 Å². The van der Waals surface area contributed by atoms with Crippen molar-refractivity contribution in [3.8, 4) is 0 Å². The normalized spacial score (nSPS) is 16.9. The van der Waals surface area contributed by atoms with Gasteiger partial charge in [0.1, 0.15) is 0 Å². The third-order valence-electron chi connectivity index (χ3n) is 2.96. The van der Waals surface area contributed by atoms with Crippen molar-refractivity contribution < 1.29 is 0 Å². The third kappa shape index (κ3) is 5.87. The monoisotopic (exact) mass is 340 g/mol. The highest BCUT2D eigenvalue weighted by Gasteiger charge is 2.09. The molecule has 0 saturated carbocycles. The van der Waals surface area contributed by atoms with Crippen molar-refractivity contribution in [2.45, 2.75) is 25.3 Å². The number of thiocarbonyl (C=S) groups is 2. The van der Waals surface area contributed by atoms with Gasteiger partial charge in [-0.05, 0) is 68.0 Å². The van der Waals surface area contributed by atoms with Crippen LogP contribution in [0.15, 0.2) is 36.4 Å². The van der Waals surface area contributed by atoms with Crippen LogP contribution < -0.4 is 21.5 Å². The molecule has 7 heteroatoms. The highest BCUT2D eigenvalue weighted by Crippen LogP contribution is 2.13. The first kappa shape index (κ1) is 16.0. The Bertz CT molecular complexity index is 530. The molecule has 112 valence electrons. The minimum atomic E-state index is 0.290. The molecular formula is C14H17ClN4S2. The van der Waals surface area contributed by atoms with Crippen molar-refractivity contribution >= 4 is 51.9 Å². The topological polar surface area (TPSA) is 48.1 Å². The van der Waals surface area contributed by atoms with E-state index in [4.69, 9.17) is 36.0 Å². The fraction of sp³-hybridized carbons (Fsp3) is 0.286. The van der Waals surface area contributed by atoms with Crippen molar-refractivity contribution in [3.63, 3.8) is 0 Å². The molecule has 0 heterocycles. The molecule has 0 fully saturated rings. The summed E-state index contributed by atoms with van der Waals surface area (Å²) in [5.41, 5.74) is 6.57. The van der Waals surface area contributed by atoms with Crippen LogP contribution in [-0.4, -0.2) is 16.3 Å². The van der Waals surface area contributed by atoms with Crippen molar-refractivity contribution in [3.05, 3.63) is 41.4 Å². The molecule has 1 aliphatic rings. The SMILES string of the molecule is S=C(NNC(=S)N[C@H]1C=CCCC1)Nc1ccc(Cl)cc1. The third-order valence-corrected chi connectivity index (χ3v) is 3.64. The predicted molar refractivity (Wildman–Crippen MR) is 96.5 cm³/mol. The molecule has 2 rings (SSSR count). The number of anilines is 1. The van der Waals surface area contributed by atoms with Gasteiger partial charge in [0, 0.05) is 16.8 Å². The van der Waals surface area contributed by atoms with Crippen LogP contribution in [0.4, 0.5) is 5.69 Å². The van der Waals surface area contributed by atoms with E-state index < -0.39 is 0 Å². The fourth-order valence-corrected chi connectivity index (χ4v) is 2.44. The summed E-state index contributed by atoms with van der Waals surface area (Å²) >= 11 is 16.2. The summed E-state index contributed by atoms with van der Waals surface area (Å²) in [6.45, 7) is 0. The van der Waals surface area contributed by atoms with Crippen LogP contribution in [0.25, 0.3) is 0 Å². The van der Waals surface area contributed by atoms with Gasteiger partial charge in [-0.2, -0.15) is 0 Å². The van der Waals surface area contributed by atoms with Gasteiger partial charge in [-0.1, -0.05) is 23.8 Å². The molecule has 0 bridgehead atoms. The van der Waals surface area contributed by atoms with Gasteiger partial charge in [0.2, 0.25) is 0 Å². The quantitative estimate of drug-likeness (QED) is 0.377. The van der Waals surface area contributed by atoms with Gasteiger partial charge < -0.3 is 10.6 Å². The lowest BCUT2D eigenvalue weighted by atomic mass is 10.0. The smallest absolute Gasteiger partial charge is 0.189 e. The first-order valence-electron chi connectivity index (χ1n) is 6.69. The molecule has 0 saturated heterocycles. The fourth-order valence-electron chi connectivity index (χ4n) is 1.95. The summed E-state index contributed by atoms with van der Waals surface area (Å²) < 4.78 is 0. The zero-order valence-electron chi connectivity index (χ0n) is 11.4. The maximum absolute atomic E-state index is 5.82. The van der Waals surface area contributed by atoms with Crippen LogP contribution in [-0.2, 0) is 0 Å². The minimum Gasteiger partial charge on any atom is -0.355 e. The van der Waals surface area contributed by atoms with E-state index in [0.29, 0.717) is 21.3 Å². The van der Waals surface area contributed by atoms with Crippen molar-refractivity contribution in [2.75, 3.05) is 5.32 Å². The molecule has 4 N–H and O–H groups in total. The molecule has 1 aromatic carbocycles. The van der Waals surface area contributed by atoms with Crippen LogP contribution in [0.5, 0.6) is 0 Å².